The van der Waals surface area contributed by atoms with E-state index in [4.69, 9.17) is 11.6 Å². The van der Waals surface area contributed by atoms with Crippen LogP contribution in [0, 0.1) is 5.82 Å². The molecule has 0 aliphatic carbocycles. The Hall–Kier alpha value is -0.600. The molecule has 1 atom stereocenters. The van der Waals surface area contributed by atoms with Gasteiger partial charge in [0.25, 0.3) is 0 Å². The minimum absolute atomic E-state index is 0.00343. The summed E-state index contributed by atoms with van der Waals surface area (Å²) in [6.07, 6.45) is 0. The summed E-state index contributed by atoms with van der Waals surface area (Å²) in [6, 6.07) is 5.06. The van der Waals surface area contributed by atoms with Crippen LogP contribution in [0.2, 0.25) is 5.02 Å². The smallest absolute Gasteiger partial charge is 0.146 e. The Kier molecular flexibility index (Phi) is 3.70. The van der Waals surface area contributed by atoms with Gasteiger partial charge in [-0.15, -0.1) is 0 Å². The summed E-state index contributed by atoms with van der Waals surface area (Å²) in [5, 5.41) is 3.31. The van der Waals surface area contributed by atoms with Crippen molar-refractivity contribution in [3.63, 3.8) is 0 Å². The van der Waals surface area contributed by atoms with Crippen molar-refractivity contribution in [2.45, 2.75) is 19.9 Å². The van der Waals surface area contributed by atoms with E-state index in [-0.39, 0.29) is 16.9 Å². The van der Waals surface area contributed by atoms with Gasteiger partial charge < -0.3 is 5.32 Å². The number of hydrogen-bond donors (Lipinski definition) is 1. The molecule has 1 aromatic carbocycles. The Morgan fingerprint density at radius 2 is 2.23 bits per heavy atom. The molecular formula is C10H13ClFN. The molecule has 1 nitrogen and oxygen atoms in total. The number of nitrogens with one attached hydrogen (secondary N) is 1. The fourth-order valence-electron chi connectivity index (χ4n) is 1.27. The van der Waals surface area contributed by atoms with Crippen LogP contribution >= 0.6 is 11.6 Å². The van der Waals surface area contributed by atoms with E-state index in [0.717, 1.165) is 6.54 Å². The summed E-state index contributed by atoms with van der Waals surface area (Å²) >= 11 is 5.66. The highest BCUT2D eigenvalue weighted by Gasteiger charge is 2.11. The first-order valence-corrected chi connectivity index (χ1v) is 4.72. The average Bonchev–Trinajstić information content (AvgIpc) is 2.10. The predicted molar refractivity (Wildman–Crippen MR) is 53.5 cm³/mol. The molecule has 0 aliphatic rings. The first kappa shape index (κ1) is 10.5. The maximum atomic E-state index is 13.4. The van der Waals surface area contributed by atoms with Crippen LogP contribution in [0.5, 0.6) is 0 Å². The number of halogens is 2. The topological polar surface area (TPSA) is 12.0 Å². The average molecular weight is 202 g/mol. The Labute approximate surface area is 82.9 Å². The fraction of sp³-hybridized carbons (Fsp3) is 0.400. The van der Waals surface area contributed by atoms with Gasteiger partial charge in [0.1, 0.15) is 5.82 Å². The zero-order valence-electron chi connectivity index (χ0n) is 7.77. The summed E-state index contributed by atoms with van der Waals surface area (Å²) in [6.45, 7) is 4.71. The van der Waals surface area contributed by atoms with Crippen molar-refractivity contribution in [2.24, 2.45) is 0 Å². The van der Waals surface area contributed by atoms with Gasteiger partial charge in [0.2, 0.25) is 0 Å². The molecule has 1 unspecified atom stereocenters. The minimum atomic E-state index is -0.322. The van der Waals surface area contributed by atoms with Gasteiger partial charge in [-0.25, -0.2) is 4.39 Å². The van der Waals surface area contributed by atoms with E-state index < -0.39 is 0 Å². The van der Waals surface area contributed by atoms with Crippen molar-refractivity contribution in [3.05, 3.63) is 34.6 Å². The monoisotopic (exact) mass is 201 g/mol. The molecule has 72 valence electrons. The van der Waals surface area contributed by atoms with E-state index in [1.54, 1.807) is 18.2 Å². The molecule has 0 amide bonds. The minimum Gasteiger partial charge on any atom is -0.310 e. The zero-order chi connectivity index (χ0) is 9.84. The SMILES string of the molecule is CCNC(C)c1cccc(Cl)c1F. The highest BCUT2D eigenvalue weighted by molar-refractivity contribution is 6.30. The maximum absolute atomic E-state index is 13.4. The molecule has 1 aromatic rings. The lowest BCUT2D eigenvalue weighted by atomic mass is 10.1. The van der Waals surface area contributed by atoms with Crippen molar-refractivity contribution in [1.29, 1.82) is 0 Å². The van der Waals surface area contributed by atoms with Gasteiger partial charge in [0, 0.05) is 11.6 Å². The quantitative estimate of drug-likeness (QED) is 0.792. The number of hydrogen-bond acceptors (Lipinski definition) is 1. The first-order chi connectivity index (χ1) is 6.16. The van der Waals surface area contributed by atoms with Crippen LogP contribution < -0.4 is 5.32 Å². The molecule has 0 aliphatic heterocycles. The second-order valence-electron chi connectivity index (χ2n) is 2.92. The third kappa shape index (κ3) is 2.42. The second-order valence-corrected chi connectivity index (χ2v) is 3.33. The lowest BCUT2D eigenvalue weighted by molar-refractivity contribution is 0.541. The summed E-state index contributed by atoms with van der Waals surface area (Å²) in [5.41, 5.74) is 0.620. The van der Waals surface area contributed by atoms with Crippen molar-refractivity contribution < 1.29 is 4.39 Å². The lowest BCUT2D eigenvalue weighted by Crippen LogP contribution is -2.18. The van der Waals surface area contributed by atoms with E-state index in [9.17, 15) is 4.39 Å². The van der Waals surface area contributed by atoms with E-state index in [1.807, 2.05) is 13.8 Å². The molecule has 13 heavy (non-hydrogen) atoms. The van der Waals surface area contributed by atoms with E-state index >= 15 is 0 Å². The van der Waals surface area contributed by atoms with Crippen LogP contribution in [0.4, 0.5) is 4.39 Å². The lowest BCUT2D eigenvalue weighted by Gasteiger charge is -2.13. The highest BCUT2D eigenvalue weighted by atomic mass is 35.5. The second kappa shape index (κ2) is 4.58. The van der Waals surface area contributed by atoms with Crippen LogP contribution in [0.25, 0.3) is 0 Å². The predicted octanol–water partition coefficient (Wildman–Crippen LogP) is 3.15. The molecule has 3 heteroatoms. The van der Waals surface area contributed by atoms with Crippen molar-refractivity contribution in [1.82, 2.24) is 5.32 Å². The van der Waals surface area contributed by atoms with Crippen LogP contribution in [-0.2, 0) is 0 Å². The van der Waals surface area contributed by atoms with Gasteiger partial charge in [0.05, 0.1) is 5.02 Å². The number of rotatable bonds is 3. The Balaban J connectivity index is 2.93. The molecule has 0 spiro atoms. The van der Waals surface area contributed by atoms with Gasteiger partial charge in [-0.2, -0.15) is 0 Å². The molecule has 0 saturated heterocycles. The third-order valence-electron chi connectivity index (χ3n) is 1.96. The standard InChI is InChI=1S/C10H13ClFN/c1-3-13-7(2)8-5-4-6-9(11)10(8)12/h4-7,13H,3H2,1-2H3. The van der Waals surface area contributed by atoms with Crippen LogP contribution in [0.3, 0.4) is 0 Å². The summed E-state index contributed by atoms with van der Waals surface area (Å²) in [5.74, 6) is -0.322. The Morgan fingerprint density at radius 3 is 2.85 bits per heavy atom. The molecule has 0 fully saturated rings. The molecule has 0 heterocycles. The molecule has 1 rings (SSSR count). The first-order valence-electron chi connectivity index (χ1n) is 4.34. The third-order valence-corrected chi connectivity index (χ3v) is 2.25. The number of benzene rings is 1. The molecule has 0 bridgehead atoms. The van der Waals surface area contributed by atoms with E-state index in [1.165, 1.54) is 0 Å². The van der Waals surface area contributed by atoms with Crippen molar-refractivity contribution >= 4 is 11.6 Å². The normalized spacial score (nSPS) is 12.9. The molecule has 0 radical (unpaired) electrons. The van der Waals surface area contributed by atoms with E-state index in [0.29, 0.717) is 5.56 Å². The summed E-state index contributed by atoms with van der Waals surface area (Å²) in [7, 11) is 0. The largest absolute Gasteiger partial charge is 0.310 e. The van der Waals surface area contributed by atoms with Gasteiger partial charge in [-0.3, -0.25) is 0 Å². The Morgan fingerprint density at radius 1 is 1.54 bits per heavy atom. The summed E-state index contributed by atoms with van der Waals surface area (Å²) in [4.78, 5) is 0. The molecule has 0 saturated carbocycles. The van der Waals surface area contributed by atoms with Crippen molar-refractivity contribution in [3.8, 4) is 0 Å². The maximum Gasteiger partial charge on any atom is 0.146 e. The van der Waals surface area contributed by atoms with Crippen molar-refractivity contribution in [2.75, 3.05) is 6.54 Å². The van der Waals surface area contributed by atoms with Gasteiger partial charge >= 0.3 is 0 Å². The zero-order valence-corrected chi connectivity index (χ0v) is 8.53. The van der Waals surface area contributed by atoms with Crippen LogP contribution in [0.15, 0.2) is 18.2 Å². The molecular weight excluding hydrogens is 189 g/mol. The fourth-order valence-corrected chi connectivity index (χ4v) is 1.45. The highest BCUT2D eigenvalue weighted by Crippen LogP contribution is 2.22. The van der Waals surface area contributed by atoms with Gasteiger partial charge in [-0.05, 0) is 19.5 Å². The molecule has 0 aromatic heterocycles. The van der Waals surface area contributed by atoms with Gasteiger partial charge in [-0.1, -0.05) is 30.7 Å². The Bertz CT molecular complexity index is 288. The van der Waals surface area contributed by atoms with Crippen LogP contribution in [-0.4, -0.2) is 6.54 Å². The van der Waals surface area contributed by atoms with Crippen LogP contribution in [0.1, 0.15) is 25.5 Å². The molecule has 1 N–H and O–H groups in total. The summed E-state index contributed by atoms with van der Waals surface area (Å²) < 4.78 is 13.4. The van der Waals surface area contributed by atoms with Gasteiger partial charge in [0.15, 0.2) is 0 Å². The van der Waals surface area contributed by atoms with E-state index in [2.05, 4.69) is 5.32 Å².